The molecule has 0 aliphatic carbocycles. The van der Waals surface area contributed by atoms with E-state index < -0.39 is 10.8 Å². The maximum Gasteiger partial charge on any atom is 0.270 e. The van der Waals surface area contributed by atoms with Gasteiger partial charge in [0.15, 0.2) is 5.17 Å². The van der Waals surface area contributed by atoms with Gasteiger partial charge in [0.25, 0.3) is 11.6 Å². The second-order valence-electron chi connectivity index (χ2n) is 5.42. The fraction of sp³-hybridized carbons (Fsp3) is 0.176. The summed E-state index contributed by atoms with van der Waals surface area (Å²) in [6.07, 6.45) is 0. The lowest BCUT2D eigenvalue weighted by atomic mass is 10.2. The lowest BCUT2D eigenvalue weighted by molar-refractivity contribution is -0.384. The van der Waals surface area contributed by atoms with E-state index in [1.807, 2.05) is 18.2 Å². The van der Waals surface area contributed by atoms with Gasteiger partial charge in [-0.25, -0.2) is 0 Å². The van der Waals surface area contributed by atoms with E-state index in [9.17, 15) is 14.9 Å². The third-order valence-corrected chi connectivity index (χ3v) is 5.51. The van der Waals surface area contributed by atoms with Gasteiger partial charge in [-0.1, -0.05) is 53.2 Å². The van der Waals surface area contributed by atoms with E-state index in [0.29, 0.717) is 29.0 Å². The minimum absolute atomic E-state index is 0.0915. The smallest absolute Gasteiger partial charge is 0.270 e. The number of hydrogen-bond acceptors (Lipinski definition) is 5. The van der Waals surface area contributed by atoms with E-state index in [-0.39, 0.29) is 16.3 Å². The molecule has 6 nitrogen and oxygen atoms in total. The predicted molar refractivity (Wildman–Crippen MR) is 104 cm³/mol. The highest BCUT2D eigenvalue weighted by Crippen LogP contribution is 2.28. The third kappa shape index (κ3) is 4.00. The fourth-order valence-electron chi connectivity index (χ4n) is 2.43. The van der Waals surface area contributed by atoms with Gasteiger partial charge in [0.05, 0.1) is 22.1 Å². The summed E-state index contributed by atoms with van der Waals surface area (Å²) in [6, 6.07) is 11.3. The van der Waals surface area contributed by atoms with E-state index in [1.54, 1.807) is 6.07 Å². The summed E-state index contributed by atoms with van der Waals surface area (Å²) in [6.45, 7) is 0.881. The molecule has 3 rings (SSSR count). The molecule has 1 amide bonds. The topological polar surface area (TPSA) is 75.8 Å². The lowest BCUT2D eigenvalue weighted by Gasteiger charge is -2.18. The van der Waals surface area contributed by atoms with Gasteiger partial charge in [0.1, 0.15) is 0 Å². The Kier molecular flexibility index (Phi) is 5.80. The molecule has 1 aliphatic heterocycles. The number of amides is 1. The second kappa shape index (κ2) is 8.07. The van der Waals surface area contributed by atoms with Gasteiger partial charge in [0, 0.05) is 29.5 Å². The number of rotatable bonds is 4. The minimum Gasteiger partial charge on any atom is -0.286 e. The average molecular weight is 410 g/mol. The first kappa shape index (κ1) is 18.7. The molecule has 1 aliphatic rings. The predicted octanol–water partition coefficient (Wildman–Crippen LogP) is 4.65. The highest BCUT2D eigenvalue weighted by molar-refractivity contribution is 8.13. The number of amidine groups is 1. The van der Waals surface area contributed by atoms with Crippen LogP contribution in [0.4, 0.5) is 5.69 Å². The number of hydrogen-bond donors (Lipinski definition) is 0. The molecule has 1 heterocycles. The van der Waals surface area contributed by atoms with Gasteiger partial charge in [0.2, 0.25) is 0 Å². The molecule has 2 aromatic rings. The van der Waals surface area contributed by atoms with Crippen molar-refractivity contribution in [3.8, 4) is 0 Å². The Hall–Kier alpha value is -2.09. The Morgan fingerprint density at radius 3 is 2.73 bits per heavy atom. The van der Waals surface area contributed by atoms with Crippen molar-refractivity contribution in [1.82, 2.24) is 4.90 Å². The standard InChI is InChI=1S/C17H13Cl2N3O3S/c18-14-4-2-1-3-11(14)10-26-17-20-7-8-21(17)16(23)13-9-12(22(24)25)5-6-15(13)19/h1-6,9H,7-8,10H2. The van der Waals surface area contributed by atoms with Crippen LogP contribution in [0.3, 0.4) is 0 Å². The number of carbonyl (C=O) groups is 1. The van der Waals surface area contributed by atoms with Gasteiger partial charge in [-0.2, -0.15) is 0 Å². The van der Waals surface area contributed by atoms with E-state index >= 15 is 0 Å². The first-order valence-electron chi connectivity index (χ1n) is 7.64. The van der Waals surface area contributed by atoms with Crippen molar-refractivity contribution < 1.29 is 9.72 Å². The zero-order valence-electron chi connectivity index (χ0n) is 13.4. The highest BCUT2D eigenvalue weighted by Gasteiger charge is 2.28. The molecule has 134 valence electrons. The van der Waals surface area contributed by atoms with E-state index in [1.165, 1.54) is 34.9 Å². The van der Waals surface area contributed by atoms with Crippen LogP contribution >= 0.6 is 35.0 Å². The Balaban J connectivity index is 1.77. The van der Waals surface area contributed by atoms with E-state index in [0.717, 1.165) is 5.56 Å². The number of benzene rings is 2. The number of carbonyl (C=O) groups excluding carboxylic acids is 1. The van der Waals surface area contributed by atoms with Gasteiger partial charge in [-0.3, -0.25) is 24.8 Å². The molecule has 0 unspecified atom stereocenters. The summed E-state index contributed by atoms with van der Waals surface area (Å²) in [5.74, 6) is 0.159. The Labute approximate surface area is 164 Å². The van der Waals surface area contributed by atoms with E-state index in [2.05, 4.69) is 4.99 Å². The maximum absolute atomic E-state index is 12.8. The molecule has 0 N–H and O–H groups in total. The van der Waals surface area contributed by atoms with Crippen molar-refractivity contribution in [3.63, 3.8) is 0 Å². The van der Waals surface area contributed by atoms with Gasteiger partial charge >= 0.3 is 0 Å². The monoisotopic (exact) mass is 409 g/mol. The van der Waals surface area contributed by atoms with Crippen molar-refractivity contribution in [2.24, 2.45) is 4.99 Å². The molecule has 0 bridgehead atoms. The number of nitro groups is 1. The zero-order chi connectivity index (χ0) is 18.7. The van der Waals surface area contributed by atoms with Gasteiger partial charge in [-0.15, -0.1) is 0 Å². The highest BCUT2D eigenvalue weighted by atomic mass is 35.5. The Morgan fingerprint density at radius 1 is 1.23 bits per heavy atom. The lowest BCUT2D eigenvalue weighted by Crippen LogP contribution is -2.33. The molecular weight excluding hydrogens is 397 g/mol. The van der Waals surface area contributed by atoms with E-state index in [4.69, 9.17) is 23.2 Å². The summed E-state index contributed by atoms with van der Waals surface area (Å²) in [4.78, 5) is 29.1. The molecule has 26 heavy (non-hydrogen) atoms. The SMILES string of the molecule is O=C(c1cc([N+](=O)[O-])ccc1Cl)N1CCN=C1SCc1ccccc1Cl. The molecule has 9 heteroatoms. The first-order valence-corrected chi connectivity index (χ1v) is 9.38. The molecular formula is C17H13Cl2N3O3S. The quantitative estimate of drug-likeness (QED) is 0.543. The van der Waals surface area contributed by atoms with Crippen LogP contribution in [0.5, 0.6) is 0 Å². The first-order chi connectivity index (χ1) is 12.5. The minimum atomic E-state index is -0.557. The maximum atomic E-state index is 12.8. The summed E-state index contributed by atoms with van der Waals surface area (Å²) in [7, 11) is 0. The molecule has 0 atom stereocenters. The van der Waals surface area contributed by atoms with Crippen LogP contribution in [0, 0.1) is 10.1 Å². The van der Waals surface area contributed by atoms with Crippen LogP contribution in [0.15, 0.2) is 47.5 Å². The number of nitrogens with zero attached hydrogens (tertiary/aromatic N) is 3. The van der Waals surface area contributed by atoms with Crippen molar-refractivity contribution in [2.75, 3.05) is 13.1 Å². The fourth-order valence-corrected chi connectivity index (χ4v) is 3.96. The molecule has 0 spiro atoms. The number of nitro benzene ring substituents is 1. The van der Waals surface area contributed by atoms with Gasteiger partial charge < -0.3 is 0 Å². The Morgan fingerprint density at radius 2 is 2.00 bits per heavy atom. The molecule has 2 aromatic carbocycles. The molecule has 0 saturated carbocycles. The van der Waals surface area contributed by atoms with Crippen LogP contribution in [0.25, 0.3) is 0 Å². The van der Waals surface area contributed by atoms with Crippen molar-refractivity contribution >= 4 is 51.7 Å². The number of halogens is 2. The summed E-state index contributed by atoms with van der Waals surface area (Å²) < 4.78 is 0. The second-order valence-corrected chi connectivity index (χ2v) is 7.18. The summed E-state index contributed by atoms with van der Waals surface area (Å²) >= 11 is 13.6. The molecule has 0 saturated heterocycles. The summed E-state index contributed by atoms with van der Waals surface area (Å²) in [5.41, 5.74) is 0.850. The largest absolute Gasteiger partial charge is 0.286 e. The van der Waals surface area contributed by atoms with Crippen LogP contribution in [0.2, 0.25) is 10.0 Å². The van der Waals surface area contributed by atoms with Crippen LogP contribution in [-0.2, 0) is 5.75 Å². The van der Waals surface area contributed by atoms with Crippen LogP contribution in [0.1, 0.15) is 15.9 Å². The van der Waals surface area contributed by atoms with Crippen molar-refractivity contribution in [1.29, 1.82) is 0 Å². The van der Waals surface area contributed by atoms with Gasteiger partial charge in [-0.05, 0) is 17.7 Å². The number of thioether (sulfide) groups is 1. The Bertz CT molecular complexity index is 905. The number of aliphatic imine (C=N–C) groups is 1. The van der Waals surface area contributed by atoms with Crippen molar-refractivity contribution in [3.05, 3.63) is 73.8 Å². The summed E-state index contributed by atoms with van der Waals surface area (Å²) in [5, 5.41) is 12.3. The van der Waals surface area contributed by atoms with Crippen LogP contribution < -0.4 is 0 Å². The molecule has 0 aromatic heterocycles. The average Bonchev–Trinajstić information content (AvgIpc) is 3.09. The third-order valence-electron chi connectivity index (χ3n) is 3.75. The normalized spacial score (nSPS) is 13.6. The molecule has 0 fully saturated rings. The van der Waals surface area contributed by atoms with Crippen LogP contribution in [-0.4, -0.2) is 34.0 Å². The van der Waals surface area contributed by atoms with Crippen molar-refractivity contribution in [2.45, 2.75) is 5.75 Å². The molecule has 0 radical (unpaired) electrons. The zero-order valence-corrected chi connectivity index (χ0v) is 15.7. The number of non-ortho nitro benzene ring substituents is 1.